The number of fused-ring (bicyclic) bond motifs is 2. The van der Waals surface area contributed by atoms with E-state index in [1.165, 1.54) is 32.1 Å². The summed E-state index contributed by atoms with van der Waals surface area (Å²) in [6, 6.07) is 0.387. The smallest absolute Gasteiger partial charge is 0.311 e. The van der Waals surface area contributed by atoms with Gasteiger partial charge in [0, 0.05) is 19.0 Å². The van der Waals surface area contributed by atoms with E-state index >= 15 is 0 Å². The molecule has 3 saturated carbocycles. The highest BCUT2D eigenvalue weighted by molar-refractivity contribution is 5.87. The topological polar surface area (TPSA) is 46.6 Å². The van der Waals surface area contributed by atoms with Gasteiger partial charge >= 0.3 is 5.97 Å². The number of esters is 1. The van der Waals surface area contributed by atoms with E-state index in [0.29, 0.717) is 24.9 Å². The van der Waals surface area contributed by atoms with Gasteiger partial charge in [0.25, 0.3) is 0 Å². The molecule has 2 bridgehead atoms. The summed E-state index contributed by atoms with van der Waals surface area (Å²) in [5, 5.41) is 0. The number of nitrogens with zero attached hydrogens (tertiary/aromatic N) is 1. The molecule has 3 aliphatic carbocycles. The molecule has 1 amide bonds. The summed E-state index contributed by atoms with van der Waals surface area (Å²) in [4.78, 5) is 26.5. The van der Waals surface area contributed by atoms with Crippen LogP contribution in [0, 0.1) is 17.8 Å². The number of ether oxygens (including phenoxy) is 1. The normalized spacial score (nSPS) is 39.4. The van der Waals surface area contributed by atoms with E-state index in [0.717, 1.165) is 25.2 Å². The monoisotopic (exact) mass is 291 g/mol. The number of hydrogen-bond acceptors (Lipinski definition) is 3. The number of rotatable bonds is 3. The first-order valence-corrected chi connectivity index (χ1v) is 8.70. The van der Waals surface area contributed by atoms with Crippen LogP contribution in [-0.2, 0) is 14.3 Å². The van der Waals surface area contributed by atoms with E-state index in [2.05, 4.69) is 0 Å². The van der Waals surface area contributed by atoms with Crippen LogP contribution in [-0.4, -0.2) is 35.5 Å². The Morgan fingerprint density at radius 2 is 1.90 bits per heavy atom. The summed E-state index contributed by atoms with van der Waals surface area (Å²) in [7, 11) is 0. The maximum atomic E-state index is 12.4. The van der Waals surface area contributed by atoms with Crippen LogP contribution in [0.2, 0.25) is 0 Å². The lowest BCUT2D eigenvalue weighted by molar-refractivity contribution is -0.156. The van der Waals surface area contributed by atoms with Gasteiger partial charge in [-0.25, -0.2) is 0 Å². The van der Waals surface area contributed by atoms with Crippen LogP contribution in [0.4, 0.5) is 0 Å². The van der Waals surface area contributed by atoms with Crippen LogP contribution in [0.1, 0.15) is 57.8 Å². The number of amides is 1. The minimum atomic E-state index is -0.211. The second-order valence-corrected chi connectivity index (χ2v) is 7.54. The molecule has 4 fully saturated rings. The van der Waals surface area contributed by atoms with Crippen LogP contribution in [0.3, 0.4) is 0 Å². The molecule has 116 valence electrons. The molecular formula is C17H25NO3. The molecule has 4 aliphatic rings. The van der Waals surface area contributed by atoms with Gasteiger partial charge in [0.2, 0.25) is 5.91 Å². The van der Waals surface area contributed by atoms with Gasteiger partial charge in [0.15, 0.2) is 0 Å². The fourth-order valence-electron chi connectivity index (χ4n) is 5.03. The van der Waals surface area contributed by atoms with E-state index in [1.54, 1.807) is 0 Å². The molecule has 21 heavy (non-hydrogen) atoms. The predicted molar refractivity (Wildman–Crippen MR) is 77.4 cm³/mol. The number of hydrogen-bond donors (Lipinski definition) is 0. The molecule has 0 aromatic heterocycles. The Morgan fingerprint density at radius 1 is 1.10 bits per heavy atom. The van der Waals surface area contributed by atoms with E-state index in [9.17, 15) is 9.59 Å². The lowest BCUT2D eigenvalue weighted by Crippen LogP contribution is -2.35. The van der Waals surface area contributed by atoms with Crippen molar-refractivity contribution in [1.29, 1.82) is 0 Å². The summed E-state index contributed by atoms with van der Waals surface area (Å²) in [5.41, 5.74) is 0. The Morgan fingerprint density at radius 3 is 2.57 bits per heavy atom. The summed E-state index contributed by atoms with van der Waals surface area (Å²) >= 11 is 0. The lowest BCUT2D eigenvalue weighted by atomic mass is 9.97. The maximum absolute atomic E-state index is 12.4. The first kappa shape index (κ1) is 13.6. The van der Waals surface area contributed by atoms with Crippen LogP contribution >= 0.6 is 0 Å². The van der Waals surface area contributed by atoms with Crippen molar-refractivity contribution in [3.05, 3.63) is 0 Å². The van der Waals surface area contributed by atoms with E-state index < -0.39 is 0 Å². The van der Waals surface area contributed by atoms with Gasteiger partial charge < -0.3 is 9.64 Å². The average Bonchev–Trinajstić information content (AvgIpc) is 3.22. The van der Waals surface area contributed by atoms with E-state index in [4.69, 9.17) is 4.74 Å². The fourth-order valence-corrected chi connectivity index (χ4v) is 5.03. The molecule has 4 rings (SSSR count). The van der Waals surface area contributed by atoms with Gasteiger partial charge in [-0.3, -0.25) is 9.59 Å². The highest BCUT2D eigenvalue weighted by Gasteiger charge is 2.44. The zero-order chi connectivity index (χ0) is 14.4. The van der Waals surface area contributed by atoms with Crippen LogP contribution < -0.4 is 0 Å². The molecule has 1 heterocycles. The highest BCUT2D eigenvalue weighted by Crippen LogP contribution is 2.46. The zero-order valence-electron chi connectivity index (χ0n) is 12.6. The molecule has 4 nitrogen and oxygen atoms in total. The van der Waals surface area contributed by atoms with Crippen LogP contribution in [0.25, 0.3) is 0 Å². The van der Waals surface area contributed by atoms with Crippen molar-refractivity contribution >= 4 is 11.9 Å². The van der Waals surface area contributed by atoms with Gasteiger partial charge in [0.1, 0.15) is 6.10 Å². The van der Waals surface area contributed by atoms with E-state index in [-0.39, 0.29) is 23.9 Å². The minimum Gasteiger partial charge on any atom is -0.462 e. The number of carbonyl (C=O) groups is 2. The number of likely N-dealkylation sites (tertiary alicyclic amines) is 1. The van der Waals surface area contributed by atoms with Crippen molar-refractivity contribution < 1.29 is 14.3 Å². The third-order valence-electron chi connectivity index (χ3n) is 6.20. The quantitative estimate of drug-likeness (QED) is 0.751. The largest absolute Gasteiger partial charge is 0.462 e. The second-order valence-electron chi connectivity index (χ2n) is 7.54. The molecule has 0 spiro atoms. The maximum Gasteiger partial charge on any atom is 0.311 e. The van der Waals surface area contributed by atoms with Crippen molar-refractivity contribution in [1.82, 2.24) is 4.90 Å². The van der Waals surface area contributed by atoms with E-state index in [1.807, 2.05) is 4.90 Å². The number of carbonyl (C=O) groups excluding carboxylic acids is 2. The Balaban J connectivity index is 1.34. The van der Waals surface area contributed by atoms with Crippen LogP contribution in [0.5, 0.6) is 0 Å². The van der Waals surface area contributed by atoms with Gasteiger partial charge in [-0.2, -0.15) is 0 Å². The van der Waals surface area contributed by atoms with Crippen molar-refractivity contribution in [2.24, 2.45) is 17.8 Å². The molecule has 4 atom stereocenters. The Hall–Kier alpha value is -1.06. The van der Waals surface area contributed by atoms with Crippen molar-refractivity contribution in [3.63, 3.8) is 0 Å². The second kappa shape index (κ2) is 5.29. The van der Waals surface area contributed by atoms with Gasteiger partial charge in [0.05, 0.1) is 5.92 Å². The lowest BCUT2D eigenvalue weighted by Gasteiger charge is -2.25. The van der Waals surface area contributed by atoms with Crippen molar-refractivity contribution in [2.75, 3.05) is 6.54 Å². The highest BCUT2D eigenvalue weighted by atomic mass is 16.5. The molecule has 0 N–H and O–H groups in total. The zero-order valence-corrected chi connectivity index (χ0v) is 12.6. The molecule has 4 heteroatoms. The molecule has 1 saturated heterocycles. The van der Waals surface area contributed by atoms with Crippen LogP contribution in [0.15, 0.2) is 0 Å². The predicted octanol–water partition coefficient (Wildman–Crippen LogP) is 2.51. The van der Waals surface area contributed by atoms with Crippen molar-refractivity contribution in [3.8, 4) is 0 Å². The Labute approximate surface area is 126 Å². The average molecular weight is 291 g/mol. The van der Waals surface area contributed by atoms with Gasteiger partial charge in [-0.05, 0) is 50.4 Å². The first-order valence-electron chi connectivity index (χ1n) is 8.70. The third-order valence-corrected chi connectivity index (χ3v) is 6.20. The fraction of sp³-hybridized carbons (Fsp3) is 0.882. The Kier molecular flexibility index (Phi) is 3.43. The Bertz CT molecular complexity index is 443. The standard InChI is InChI=1S/C17H25NO3/c19-16-9-13(10-18(16)14-3-1-2-4-14)17(20)21-15-8-11-5-6-12(15)7-11/h11-15H,1-10H2. The summed E-state index contributed by atoms with van der Waals surface area (Å²) in [6.07, 6.45) is 10.0. The molecule has 0 aromatic rings. The summed E-state index contributed by atoms with van der Waals surface area (Å²) < 4.78 is 5.77. The minimum absolute atomic E-state index is 0.110. The first-order chi connectivity index (χ1) is 10.2. The molecule has 0 aromatic carbocycles. The molecule has 4 unspecified atom stereocenters. The summed E-state index contributed by atoms with van der Waals surface area (Å²) in [6.45, 7) is 0.600. The molecule has 1 aliphatic heterocycles. The van der Waals surface area contributed by atoms with Gasteiger partial charge in [-0.15, -0.1) is 0 Å². The van der Waals surface area contributed by atoms with Gasteiger partial charge in [-0.1, -0.05) is 12.8 Å². The molecular weight excluding hydrogens is 266 g/mol. The third kappa shape index (κ3) is 2.47. The summed E-state index contributed by atoms with van der Waals surface area (Å²) in [5.74, 6) is 1.23. The molecule has 0 radical (unpaired) electrons. The van der Waals surface area contributed by atoms with Crippen molar-refractivity contribution in [2.45, 2.75) is 69.9 Å². The SMILES string of the molecule is O=C(OC1CC2CCC1C2)C1CC(=O)N(C2CCCC2)C1.